The summed E-state index contributed by atoms with van der Waals surface area (Å²) >= 11 is 0. The van der Waals surface area contributed by atoms with Crippen LogP contribution in [0, 0.1) is 93.7 Å². The van der Waals surface area contributed by atoms with E-state index in [1.807, 2.05) is 13.8 Å². The van der Waals surface area contributed by atoms with Crippen LogP contribution >= 0.6 is 0 Å². The highest BCUT2D eigenvalue weighted by Gasteiger charge is 2.53. The zero-order valence-electron chi connectivity index (χ0n) is 80.5. The molecule has 0 aromatic heterocycles. The van der Waals surface area contributed by atoms with E-state index in [4.69, 9.17) is 94.7 Å². The molecule has 0 radical (unpaired) electrons. The lowest BCUT2D eigenvalue weighted by Crippen LogP contribution is -2.29. The van der Waals surface area contributed by atoms with Crippen molar-refractivity contribution in [3.8, 4) is 0 Å². The molecule has 764 valence electrons. The van der Waals surface area contributed by atoms with Crippen molar-refractivity contribution in [2.45, 2.75) is 443 Å². The van der Waals surface area contributed by atoms with E-state index in [0.717, 1.165) is 205 Å². The number of epoxide rings is 10. The Labute approximate surface area is 800 Å². The van der Waals surface area contributed by atoms with E-state index in [9.17, 15) is 47.9 Å². The summed E-state index contributed by atoms with van der Waals surface area (Å²) in [6.07, 6.45) is 41.9. The van der Waals surface area contributed by atoms with Crippen LogP contribution in [-0.2, 0) is 143 Å². The van der Waals surface area contributed by atoms with E-state index in [1.54, 1.807) is 0 Å². The zero-order valence-corrected chi connectivity index (χ0v) is 80.5. The van der Waals surface area contributed by atoms with Gasteiger partial charge in [-0.25, -0.2) is 0 Å². The third kappa shape index (κ3) is 34.3. The quantitative estimate of drug-likeness (QED) is 0.0238. The molecule has 10 aliphatic carbocycles. The molecule has 10 heterocycles. The lowest BCUT2D eigenvalue weighted by Gasteiger charge is -2.28. The van der Waals surface area contributed by atoms with E-state index in [0.29, 0.717) is 238 Å². The molecule has 10 aliphatic heterocycles. The second-order valence-corrected chi connectivity index (χ2v) is 45.6. The van der Waals surface area contributed by atoms with E-state index in [2.05, 4.69) is 41.5 Å². The molecule has 30 heteroatoms. The molecule has 10 saturated heterocycles. The first kappa shape index (κ1) is 105. The molecule has 20 rings (SSSR count). The van der Waals surface area contributed by atoms with Gasteiger partial charge in [-0.1, -0.05) is 70.2 Å². The van der Waals surface area contributed by atoms with Crippen molar-refractivity contribution in [3.05, 3.63) is 0 Å². The Morgan fingerprint density at radius 1 is 0.259 bits per heavy atom. The summed E-state index contributed by atoms with van der Waals surface area (Å²) in [5, 5.41) is 0. The Bertz CT molecular complexity index is 3860. The number of carbonyl (C=O) groups excluding carboxylic acids is 10. The summed E-state index contributed by atoms with van der Waals surface area (Å²) in [5.41, 5.74) is -0.343. The fourth-order valence-electron chi connectivity index (χ4n) is 23.2. The van der Waals surface area contributed by atoms with Crippen molar-refractivity contribution in [2.24, 2.45) is 93.7 Å². The van der Waals surface area contributed by atoms with Crippen LogP contribution in [0.3, 0.4) is 0 Å². The van der Waals surface area contributed by atoms with Crippen molar-refractivity contribution in [1.29, 1.82) is 0 Å². The van der Waals surface area contributed by atoms with E-state index >= 15 is 0 Å². The maximum atomic E-state index is 12.4. The highest BCUT2D eigenvalue weighted by atomic mass is 16.6. The fourth-order valence-corrected chi connectivity index (χ4v) is 23.2. The minimum Gasteiger partial charge on any atom is -0.465 e. The van der Waals surface area contributed by atoms with Crippen LogP contribution in [-0.4, -0.2) is 248 Å². The molecule has 0 N–H and O–H groups in total. The predicted molar refractivity (Wildman–Crippen MR) is 489 cm³/mol. The zero-order chi connectivity index (χ0) is 93.2. The summed E-state index contributed by atoms with van der Waals surface area (Å²) in [6.45, 7) is 20.9. The first-order valence-corrected chi connectivity index (χ1v) is 52.1. The van der Waals surface area contributed by atoms with Crippen LogP contribution < -0.4 is 0 Å². The predicted octanol–water partition coefficient (Wildman–Crippen LogP) is 15.4. The Morgan fingerprint density at radius 2 is 0.526 bits per heavy atom. The summed E-state index contributed by atoms with van der Waals surface area (Å²) in [4.78, 5) is 121. The number of carbonyl (C=O) groups is 10. The van der Waals surface area contributed by atoms with Crippen LogP contribution in [0.2, 0.25) is 0 Å². The normalized spacial score (nSPS) is 37.4. The largest absolute Gasteiger partial charge is 0.465 e. The van der Waals surface area contributed by atoms with Gasteiger partial charge in [-0.05, 0) is 288 Å². The molecule has 34 unspecified atom stereocenters. The molecule has 0 aromatic carbocycles. The average Bonchev–Trinajstić information content (AvgIpc) is 1.59. The summed E-state index contributed by atoms with van der Waals surface area (Å²) < 4.78 is 109. The minimum absolute atomic E-state index is 0. The standard InChI is InChI=1S/2C23H36O6.2C20H30O6.C17H24O6.2CH4/c1-14(12-27-22(25)16-5-7-18-20(9-16)29-18)10-23(2,3)11-21(24)26-13-15-4-6-17-19(8-15)28-17;1-14(8-21(24)26-12-15-4-6-17-19(9-15)28-17)11-23(2,3)13-27-22(25)16-5-7-18-20(10-16)29-18;1-12(10-24-20(22)14-4-6-16-18(9-14)26-16)2-7-19(21)23-11-13-3-5-15-17(8-13)25-15;1-12(6-7-23-20(22)14-3-5-16-18(10-14)26-16)8-19(21)24-11-13-2-4-15-17(9-13)25-15;18-16(20-8-10-1-3-12-14(5-10)22-12)7-17(19)21-9-11-2-4-13-15(6-11)23-13;;/h2*14-20H,4-13H2,1-3H3;2*12-18H,2-11H2,1H3;10-15H,1-9H2;2*1H4. The summed E-state index contributed by atoms with van der Waals surface area (Å²) in [7, 11) is 0. The molecule has 0 bridgehead atoms. The lowest BCUT2D eigenvalue weighted by molar-refractivity contribution is -0.157. The Morgan fingerprint density at radius 3 is 0.852 bits per heavy atom. The highest BCUT2D eigenvalue weighted by molar-refractivity contribution is 5.91. The number of fused-ring (bicyclic) bond motifs is 10. The number of ether oxygens (including phenoxy) is 20. The molecule has 30 nitrogen and oxygen atoms in total. The Balaban J connectivity index is 0.000000135. The maximum Gasteiger partial charge on any atom is 0.317 e. The molecule has 0 amide bonds. The second-order valence-electron chi connectivity index (χ2n) is 45.6. The fraction of sp³-hybridized carbons (Fsp3) is 0.905. The smallest absolute Gasteiger partial charge is 0.317 e. The van der Waals surface area contributed by atoms with Crippen molar-refractivity contribution in [3.63, 3.8) is 0 Å². The van der Waals surface area contributed by atoms with Gasteiger partial charge in [-0.3, -0.25) is 47.9 Å². The van der Waals surface area contributed by atoms with Gasteiger partial charge in [0.25, 0.3) is 0 Å². The third-order valence-corrected chi connectivity index (χ3v) is 32.0. The molecule has 0 aromatic rings. The molecular weight excluding hydrogens is 1740 g/mol. The van der Waals surface area contributed by atoms with Crippen molar-refractivity contribution < 1.29 is 143 Å². The van der Waals surface area contributed by atoms with Gasteiger partial charge in [-0.2, -0.15) is 0 Å². The Kier molecular flexibility index (Phi) is 37.7. The second kappa shape index (κ2) is 48.4. The van der Waals surface area contributed by atoms with Crippen LogP contribution in [0.5, 0.6) is 0 Å². The summed E-state index contributed by atoms with van der Waals surface area (Å²) in [6, 6.07) is 0. The molecule has 20 fully saturated rings. The lowest BCUT2D eigenvalue weighted by atomic mass is 9.81. The molecule has 10 saturated carbocycles. The first-order valence-electron chi connectivity index (χ1n) is 52.1. The maximum absolute atomic E-state index is 12.4. The van der Waals surface area contributed by atoms with Crippen molar-refractivity contribution in [2.75, 3.05) is 66.1 Å². The van der Waals surface area contributed by atoms with E-state index in [1.165, 1.54) is 0 Å². The molecule has 0 spiro atoms. The Hall–Kier alpha value is -5.70. The van der Waals surface area contributed by atoms with Gasteiger partial charge >= 0.3 is 59.7 Å². The van der Waals surface area contributed by atoms with Gasteiger partial charge in [0.15, 0.2) is 0 Å². The van der Waals surface area contributed by atoms with Gasteiger partial charge in [0, 0.05) is 19.3 Å². The minimum atomic E-state index is -0.483. The van der Waals surface area contributed by atoms with Gasteiger partial charge in [0.1, 0.15) is 6.42 Å². The van der Waals surface area contributed by atoms with Crippen LogP contribution in [0.15, 0.2) is 0 Å². The topological polar surface area (TPSA) is 388 Å². The van der Waals surface area contributed by atoms with Crippen LogP contribution in [0.4, 0.5) is 0 Å². The molecule has 135 heavy (non-hydrogen) atoms. The first-order chi connectivity index (χ1) is 63.9. The SMILES string of the molecule is C.C.CC(CC(=O)OCC1CCC2OC2C1)CC(C)(C)COC(=O)C1CCC2OC2C1.CC(CCC(=O)OCC1CCC2OC2C1)COC(=O)C1CCC2OC2C1.CC(CCOC(=O)C1CCC2OC2C1)CC(=O)OCC1CCC2OC2C1.CC(COC(=O)C1CCC2OC2C1)CC(C)(C)CC(=O)OCC1CCC2OC2C1.O=C(CC(=O)OCC1CCC2OC2C1)OCC1CCC2OC2C1. The van der Waals surface area contributed by atoms with E-state index < -0.39 is 11.9 Å². The van der Waals surface area contributed by atoms with Crippen molar-refractivity contribution >= 4 is 59.7 Å². The third-order valence-electron chi connectivity index (χ3n) is 32.0. The number of rotatable bonds is 40. The van der Waals surface area contributed by atoms with Gasteiger partial charge < -0.3 is 94.7 Å². The molecule has 20 aliphatic rings. The van der Waals surface area contributed by atoms with Crippen LogP contribution in [0.1, 0.15) is 321 Å². The number of hydrogen-bond donors (Lipinski definition) is 0. The molecule has 34 atom stereocenters. The van der Waals surface area contributed by atoms with E-state index in [-0.39, 0.29) is 152 Å². The van der Waals surface area contributed by atoms with Gasteiger partial charge in [0.05, 0.1) is 218 Å². The summed E-state index contributed by atoms with van der Waals surface area (Å²) in [5.74, 6) is 1.30. The average molecular weight is 1910 g/mol. The number of hydrogen-bond acceptors (Lipinski definition) is 30. The molecular formula is C105H164O30. The highest BCUT2D eigenvalue weighted by Crippen LogP contribution is 2.49. The number of esters is 10. The van der Waals surface area contributed by atoms with Gasteiger partial charge in [0.2, 0.25) is 0 Å². The van der Waals surface area contributed by atoms with Crippen LogP contribution in [0.25, 0.3) is 0 Å². The monoisotopic (exact) mass is 1910 g/mol. The van der Waals surface area contributed by atoms with Crippen molar-refractivity contribution in [1.82, 2.24) is 0 Å². The van der Waals surface area contributed by atoms with Gasteiger partial charge in [-0.15, -0.1) is 0 Å².